The Labute approximate surface area is 101 Å². The predicted octanol–water partition coefficient (Wildman–Crippen LogP) is 1.19. The Morgan fingerprint density at radius 2 is 2.18 bits per heavy atom. The van der Waals surface area contributed by atoms with E-state index in [0.29, 0.717) is 18.8 Å². The Morgan fingerprint density at radius 3 is 2.65 bits per heavy atom. The molecule has 1 aliphatic carbocycles. The number of rotatable bonds is 4. The standard InChI is InChI=1S/C11H20N2O4/c1-10(2,3)15-9(14)6-7-11(8-4-5-8)12-17-13-16-11/h8,12-13H,4-7H2,1-3H3. The second kappa shape index (κ2) is 4.53. The molecule has 2 fully saturated rings. The van der Waals surface area contributed by atoms with E-state index < -0.39 is 11.3 Å². The summed E-state index contributed by atoms with van der Waals surface area (Å²) < 4.78 is 5.26. The molecule has 2 N–H and O–H groups in total. The van der Waals surface area contributed by atoms with E-state index in [4.69, 9.17) is 14.5 Å². The first kappa shape index (κ1) is 12.8. The van der Waals surface area contributed by atoms with Crippen molar-refractivity contribution in [1.82, 2.24) is 11.1 Å². The third kappa shape index (κ3) is 3.38. The number of ether oxygens (including phenoxy) is 1. The van der Waals surface area contributed by atoms with Gasteiger partial charge in [-0.3, -0.25) is 9.63 Å². The Hall–Kier alpha value is -0.690. The monoisotopic (exact) mass is 244 g/mol. The van der Waals surface area contributed by atoms with Crippen LogP contribution in [0.1, 0.15) is 46.5 Å². The lowest BCUT2D eigenvalue weighted by molar-refractivity contribution is -0.158. The first-order valence-corrected chi connectivity index (χ1v) is 5.99. The van der Waals surface area contributed by atoms with Gasteiger partial charge in [0.05, 0.1) is 0 Å². The highest BCUT2D eigenvalue weighted by atomic mass is 17.0. The molecular weight excluding hydrogens is 224 g/mol. The zero-order chi connectivity index (χ0) is 12.5. The summed E-state index contributed by atoms with van der Waals surface area (Å²) in [6.45, 7) is 5.57. The van der Waals surface area contributed by atoms with Gasteiger partial charge in [-0.15, -0.1) is 5.48 Å². The molecular formula is C11H20N2O4. The van der Waals surface area contributed by atoms with Gasteiger partial charge >= 0.3 is 5.97 Å². The van der Waals surface area contributed by atoms with Crippen LogP contribution in [0.25, 0.3) is 0 Å². The minimum atomic E-state index is -0.573. The average molecular weight is 244 g/mol. The molecule has 98 valence electrons. The minimum absolute atomic E-state index is 0.213. The van der Waals surface area contributed by atoms with Crippen molar-refractivity contribution in [2.24, 2.45) is 5.92 Å². The van der Waals surface area contributed by atoms with Crippen LogP contribution in [0.4, 0.5) is 0 Å². The van der Waals surface area contributed by atoms with Crippen LogP contribution < -0.4 is 11.1 Å². The zero-order valence-corrected chi connectivity index (χ0v) is 10.5. The van der Waals surface area contributed by atoms with Gasteiger partial charge in [-0.2, -0.15) is 4.94 Å². The Balaban J connectivity index is 1.82. The largest absolute Gasteiger partial charge is 0.460 e. The maximum absolute atomic E-state index is 11.6. The predicted molar refractivity (Wildman–Crippen MR) is 59.0 cm³/mol. The van der Waals surface area contributed by atoms with Crippen molar-refractivity contribution in [3.63, 3.8) is 0 Å². The van der Waals surface area contributed by atoms with Crippen LogP contribution in [-0.4, -0.2) is 17.3 Å². The van der Waals surface area contributed by atoms with Crippen LogP contribution >= 0.6 is 0 Å². The molecule has 1 aliphatic heterocycles. The fraction of sp³-hybridized carbons (Fsp3) is 0.909. The first-order valence-electron chi connectivity index (χ1n) is 5.99. The molecule has 0 aromatic rings. The summed E-state index contributed by atoms with van der Waals surface area (Å²) in [6.07, 6.45) is 3.03. The molecule has 1 saturated heterocycles. The lowest BCUT2D eigenvalue weighted by Crippen LogP contribution is -2.43. The SMILES string of the molecule is CC(C)(C)OC(=O)CCC1(C2CC2)NONO1. The summed E-state index contributed by atoms with van der Waals surface area (Å²) in [4.78, 5) is 21.8. The summed E-state index contributed by atoms with van der Waals surface area (Å²) in [5.74, 6) is 0.190. The summed E-state index contributed by atoms with van der Waals surface area (Å²) >= 11 is 0. The molecule has 1 atom stereocenters. The van der Waals surface area contributed by atoms with Gasteiger partial charge in [0.15, 0.2) is 5.72 Å². The third-order valence-corrected chi connectivity index (χ3v) is 2.85. The van der Waals surface area contributed by atoms with Crippen molar-refractivity contribution in [3.8, 4) is 0 Å². The lowest BCUT2D eigenvalue weighted by atomic mass is 10.0. The number of hydrogen-bond acceptors (Lipinski definition) is 6. The van der Waals surface area contributed by atoms with E-state index in [0.717, 1.165) is 12.8 Å². The molecule has 0 bridgehead atoms. The number of hydrogen-bond donors (Lipinski definition) is 2. The fourth-order valence-corrected chi connectivity index (χ4v) is 1.93. The van der Waals surface area contributed by atoms with E-state index >= 15 is 0 Å². The smallest absolute Gasteiger partial charge is 0.306 e. The fourth-order valence-electron chi connectivity index (χ4n) is 1.93. The summed E-state index contributed by atoms with van der Waals surface area (Å²) in [5, 5.41) is 0. The highest BCUT2D eigenvalue weighted by molar-refractivity contribution is 5.69. The maximum Gasteiger partial charge on any atom is 0.306 e. The second-order valence-corrected chi connectivity index (χ2v) is 5.64. The van der Waals surface area contributed by atoms with Crippen molar-refractivity contribution >= 4 is 5.97 Å². The Morgan fingerprint density at radius 1 is 1.47 bits per heavy atom. The van der Waals surface area contributed by atoms with Gasteiger partial charge in [0.2, 0.25) is 0 Å². The molecule has 0 radical (unpaired) electrons. The summed E-state index contributed by atoms with van der Waals surface area (Å²) in [7, 11) is 0. The third-order valence-electron chi connectivity index (χ3n) is 2.85. The highest BCUT2D eigenvalue weighted by Crippen LogP contribution is 2.43. The topological polar surface area (TPSA) is 68.8 Å². The molecule has 2 aliphatic rings. The Bertz CT molecular complexity index is 290. The normalized spacial score (nSPS) is 29.4. The van der Waals surface area contributed by atoms with Crippen molar-refractivity contribution < 1.29 is 19.3 Å². The number of esters is 1. The van der Waals surface area contributed by atoms with E-state index in [-0.39, 0.29) is 5.97 Å². The van der Waals surface area contributed by atoms with E-state index in [2.05, 4.69) is 11.1 Å². The molecule has 2 rings (SSSR count). The molecule has 1 unspecified atom stereocenters. The highest BCUT2D eigenvalue weighted by Gasteiger charge is 2.50. The molecule has 0 spiro atoms. The molecule has 1 saturated carbocycles. The van der Waals surface area contributed by atoms with Gasteiger partial charge < -0.3 is 4.74 Å². The van der Waals surface area contributed by atoms with Crippen molar-refractivity contribution in [1.29, 1.82) is 0 Å². The van der Waals surface area contributed by atoms with Crippen LogP contribution in [0.5, 0.6) is 0 Å². The summed E-state index contributed by atoms with van der Waals surface area (Å²) in [6, 6.07) is 0. The van der Waals surface area contributed by atoms with Crippen LogP contribution in [0.2, 0.25) is 0 Å². The van der Waals surface area contributed by atoms with Crippen molar-refractivity contribution in [2.75, 3.05) is 0 Å². The zero-order valence-electron chi connectivity index (χ0n) is 10.5. The van der Waals surface area contributed by atoms with Crippen LogP contribution in [0.15, 0.2) is 0 Å². The minimum Gasteiger partial charge on any atom is -0.460 e. The molecule has 6 nitrogen and oxygen atoms in total. The van der Waals surface area contributed by atoms with E-state index in [1.165, 1.54) is 0 Å². The van der Waals surface area contributed by atoms with Crippen molar-refractivity contribution in [3.05, 3.63) is 0 Å². The van der Waals surface area contributed by atoms with Gasteiger partial charge in [0, 0.05) is 18.8 Å². The number of hydroxylamine groups is 1. The van der Waals surface area contributed by atoms with E-state index in [9.17, 15) is 4.79 Å². The lowest BCUT2D eigenvalue weighted by Gasteiger charge is -2.25. The molecule has 0 aromatic heterocycles. The molecule has 1 heterocycles. The van der Waals surface area contributed by atoms with Crippen LogP contribution in [-0.2, 0) is 19.3 Å². The van der Waals surface area contributed by atoms with Gasteiger partial charge in [-0.25, -0.2) is 0 Å². The summed E-state index contributed by atoms with van der Waals surface area (Å²) in [5.41, 5.74) is 4.14. The first-order chi connectivity index (χ1) is 7.91. The molecule has 6 heteroatoms. The van der Waals surface area contributed by atoms with E-state index in [1.807, 2.05) is 20.8 Å². The molecule has 0 amide bonds. The Kier molecular flexibility index (Phi) is 3.40. The van der Waals surface area contributed by atoms with Crippen LogP contribution in [0.3, 0.4) is 0 Å². The van der Waals surface area contributed by atoms with E-state index in [1.54, 1.807) is 0 Å². The molecule has 0 aromatic carbocycles. The van der Waals surface area contributed by atoms with Gasteiger partial charge in [-0.1, -0.05) is 5.64 Å². The van der Waals surface area contributed by atoms with Crippen LogP contribution in [0, 0.1) is 5.92 Å². The van der Waals surface area contributed by atoms with Gasteiger partial charge in [-0.05, 0) is 33.6 Å². The van der Waals surface area contributed by atoms with Gasteiger partial charge in [0.25, 0.3) is 0 Å². The number of carbonyl (C=O) groups is 1. The number of nitrogens with one attached hydrogen (secondary N) is 2. The maximum atomic E-state index is 11.6. The van der Waals surface area contributed by atoms with Gasteiger partial charge in [0.1, 0.15) is 5.60 Å². The second-order valence-electron chi connectivity index (χ2n) is 5.64. The molecule has 17 heavy (non-hydrogen) atoms. The average Bonchev–Trinajstić information content (AvgIpc) is 2.94. The quantitative estimate of drug-likeness (QED) is 0.724. The van der Waals surface area contributed by atoms with Crippen molar-refractivity contribution in [2.45, 2.75) is 57.8 Å². The number of carbonyl (C=O) groups excluding carboxylic acids is 1.